The van der Waals surface area contributed by atoms with Crippen molar-refractivity contribution in [3.63, 3.8) is 0 Å². The molecule has 0 radical (unpaired) electrons. The average molecular weight is 446 g/mol. The van der Waals surface area contributed by atoms with E-state index in [0.717, 1.165) is 12.0 Å². The Morgan fingerprint density at radius 1 is 1.22 bits per heavy atom. The van der Waals surface area contributed by atoms with Crippen molar-refractivity contribution in [3.8, 4) is 5.75 Å². The number of likely N-dealkylation sites (N-methyl/N-ethyl adjacent to an activating group) is 1. The Hall–Kier alpha value is -3.36. The van der Waals surface area contributed by atoms with Crippen molar-refractivity contribution in [3.05, 3.63) is 59.7 Å². The van der Waals surface area contributed by atoms with E-state index >= 15 is 0 Å². The topological polar surface area (TPSA) is 69.2 Å². The number of ether oxygens (including phenoxy) is 1. The molecule has 9 heteroatoms. The van der Waals surface area contributed by atoms with Gasteiger partial charge in [0.15, 0.2) is 12.6 Å². The molecule has 0 spiro atoms. The molecule has 1 unspecified atom stereocenters. The Morgan fingerprint density at radius 2 is 1.94 bits per heavy atom. The summed E-state index contributed by atoms with van der Waals surface area (Å²) in [4.78, 5) is 19.1. The molecule has 1 saturated heterocycles. The van der Waals surface area contributed by atoms with Crippen LogP contribution in [0.1, 0.15) is 12.0 Å². The third-order valence-electron chi connectivity index (χ3n) is 5.23. The zero-order valence-electron chi connectivity index (χ0n) is 18.6. The molecule has 3 rings (SSSR count). The Labute approximate surface area is 187 Å². The molecule has 1 atom stereocenters. The van der Waals surface area contributed by atoms with Gasteiger partial charge >= 0.3 is 0 Å². The Bertz CT molecular complexity index is 947. The normalized spacial score (nSPS) is 16.1. The summed E-state index contributed by atoms with van der Waals surface area (Å²) in [7, 11) is 5.03. The molecule has 2 N–H and O–H groups in total. The van der Waals surface area contributed by atoms with Crippen molar-refractivity contribution in [2.24, 2.45) is 4.99 Å². The first-order chi connectivity index (χ1) is 15.4. The van der Waals surface area contributed by atoms with Crippen molar-refractivity contribution >= 4 is 17.6 Å². The van der Waals surface area contributed by atoms with Crippen LogP contribution in [0, 0.1) is 11.6 Å². The largest absolute Gasteiger partial charge is 0.484 e. The fourth-order valence-electron chi connectivity index (χ4n) is 3.47. The average Bonchev–Trinajstić information content (AvgIpc) is 3.23. The van der Waals surface area contributed by atoms with Crippen molar-refractivity contribution in [1.82, 2.24) is 15.5 Å². The predicted molar refractivity (Wildman–Crippen MR) is 121 cm³/mol. The second-order valence-electron chi connectivity index (χ2n) is 7.80. The maximum absolute atomic E-state index is 14.1. The fourth-order valence-corrected chi connectivity index (χ4v) is 3.47. The third-order valence-corrected chi connectivity index (χ3v) is 5.23. The summed E-state index contributed by atoms with van der Waals surface area (Å²) in [6.07, 6.45) is 0.734. The highest BCUT2D eigenvalue weighted by atomic mass is 19.1. The summed E-state index contributed by atoms with van der Waals surface area (Å²) in [5, 5.41) is 6.55. The maximum Gasteiger partial charge on any atom is 0.259 e. The van der Waals surface area contributed by atoms with Crippen LogP contribution in [0.15, 0.2) is 47.5 Å². The molecule has 1 heterocycles. The number of carbonyl (C=O) groups excluding carboxylic acids is 1. The standard InChI is InChI=1S/C23H29F2N5O2/c1-26-23(27-13-16-6-4-7-18(12-16)32-15-21(31)29(2)3)28-17-10-11-30(14-17)22-19(24)8-5-9-20(22)25/h4-9,12,17H,10-11,13-15H2,1-3H3,(H2,26,27,28). The molecule has 172 valence electrons. The van der Waals surface area contributed by atoms with Crippen molar-refractivity contribution in [1.29, 1.82) is 0 Å². The van der Waals surface area contributed by atoms with Gasteiger partial charge in [0.05, 0.1) is 0 Å². The Kier molecular flexibility index (Phi) is 7.86. The molecule has 2 aromatic carbocycles. The number of nitrogens with zero attached hydrogens (tertiary/aromatic N) is 3. The first-order valence-electron chi connectivity index (χ1n) is 10.5. The molecule has 7 nitrogen and oxygen atoms in total. The number of anilines is 1. The lowest BCUT2D eigenvalue weighted by atomic mass is 10.2. The van der Waals surface area contributed by atoms with Crippen molar-refractivity contribution in [2.45, 2.75) is 19.0 Å². The number of nitrogens with one attached hydrogen (secondary N) is 2. The number of guanidine groups is 1. The monoisotopic (exact) mass is 445 g/mol. The molecular formula is C23H29F2N5O2. The van der Waals surface area contributed by atoms with Crippen LogP contribution in [0.4, 0.5) is 14.5 Å². The first-order valence-corrected chi connectivity index (χ1v) is 10.5. The lowest BCUT2D eigenvalue weighted by Gasteiger charge is -2.21. The molecule has 0 aromatic heterocycles. The number of carbonyl (C=O) groups is 1. The summed E-state index contributed by atoms with van der Waals surface area (Å²) in [5.74, 6) is -0.00941. The maximum atomic E-state index is 14.1. The number of benzene rings is 2. The Morgan fingerprint density at radius 3 is 2.62 bits per heavy atom. The second-order valence-corrected chi connectivity index (χ2v) is 7.80. The molecule has 1 amide bonds. The van der Waals surface area contributed by atoms with Crippen molar-refractivity contribution < 1.29 is 18.3 Å². The van der Waals surface area contributed by atoms with Gasteiger partial charge in [0, 0.05) is 46.8 Å². The summed E-state index contributed by atoms with van der Waals surface area (Å²) >= 11 is 0. The first kappa shape index (κ1) is 23.3. The summed E-state index contributed by atoms with van der Waals surface area (Å²) < 4.78 is 33.7. The van der Waals surface area contributed by atoms with Crippen LogP contribution in [0.3, 0.4) is 0 Å². The highest BCUT2D eigenvalue weighted by Gasteiger charge is 2.27. The van der Waals surface area contributed by atoms with E-state index in [9.17, 15) is 13.6 Å². The van der Waals surface area contributed by atoms with Crippen LogP contribution in [-0.2, 0) is 11.3 Å². The molecule has 0 aliphatic carbocycles. The number of halogens is 2. The number of hydrogen-bond donors (Lipinski definition) is 2. The minimum atomic E-state index is -0.553. The number of rotatable bonds is 7. The highest BCUT2D eigenvalue weighted by Crippen LogP contribution is 2.26. The molecule has 1 aliphatic rings. The molecule has 0 bridgehead atoms. The molecular weight excluding hydrogens is 416 g/mol. The van der Waals surface area contributed by atoms with E-state index in [1.807, 2.05) is 18.2 Å². The predicted octanol–water partition coefficient (Wildman–Crippen LogP) is 2.38. The quantitative estimate of drug-likeness (QED) is 0.506. The van der Waals surface area contributed by atoms with Gasteiger partial charge in [0.1, 0.15) is 23.1 Å². The minimum Gasteiger partial charge on any atom is -0.484 e. The SMILES string of the molecule is CN=C(NCc1cccc(OCC(=O)N(C)C)c1)NC1CCN(c2c(F)cccc2F)C1. The van der Waals surface area contributed by atoms with Gasteiger partial charge in [0.2, 0.25) is 0 Å². The smallest absolute Gasteiger partial charge is 0.259 e. The van der Waals surface area contributed by atoms with Crippen LogP contribution in [0.5, 0.6) is 5.75 Å². The lowest BCUT2D eigenvalue weighted by molar-refractivity contribution is -0.130. The van der Waals surface area contributed by atoms with Crippen molar-refractivity contribution in [2.75, 3.05) is 45.7 Å². The van der Waals surface area contributed by atoms with Gasteiger partial charge in [-0.3, -0.25) is 9.79 Å². The van der Waals surface area contributed by atoms with E-state index in [1.165, 1.54) is 23.1 Å². The number of aliphatic imine (C=N–C) groups is 1. The minimum absolute atomic E-state index is 0.00641. The van der Waals surface area contributed by atoms with E-state index in [-0.39, 0.29) is 24.2 Å². The molecule has 32 heavy (non-hydrogen) atoms. The number of amides is 1. The van der Waals surface area contributed by atoms with Gasteiger partial charge in [0.25, 0.3) is 5.91 Å². The summed E-state index contributed by atoms with van der Waals surface area (Å²) in [6.45, 7) is 1.50. The van der Waals surface area contributed by atoms with Crippen LogP contribution in [0.25, 0.3) is 0 Å². The third kappa shape index (κ3) is 6.09. The van der Waals surface area contributed by atoms with Gasteiger partial charge in [-0.25, -0.2) is 8.78 Å². The van der Waals surface area contributed by atoms with Crippen LogP contribution < -0.4 is 20.3 Å². The molecule has 2 aromatic rings. The summed E-state index contributed by atoms with van der Waals surface area (Å²) in [5.41, 5.74) is 0.980. The fraction of sp³-hybridized carbons (Fsp3) is 0.391. The second kappa shape index (κ2) is 10.8. The zero-order valence-corrected chi connectivity index (χ0v) is 18.6. The van der Waals surface area contributed by atoms with Crippen LogP contribution in [-0.4, -0.2) is 63.6 Å². The van der Waals surface area contributed by atoms with Gasteiger partial charge in [-0.15, -0.1) is 0 Å². The molecule has 1 fully saturated rings. The lowest BCUT2D eigenvalue weighted by Crippen LogP contribution is -2.44. The number of para-hydroxylation sites is 1. The highest BCUT2D eigenvalue weighted by molar-refractivity contribution is 5.80. The molecule has 1 aliphatic heterocycles. The summed E-state index contributed by atoms with van der Waals surface area (Å²) in [6, 6.07) is 11.4. The van der Waals surface area contributed by atoms with Gasteiger partial charge in [-0.2, -0.15) is 0 Å². The zero-order chi connectivity index (χ0) is 23.1. The van der Waals surface area contributed by atoms with Gasteiger partial charge < -0.3 is 25.2 Å². The van der Waals surface area contributed by atoms with E-state index < -0.39 is 11.6 Å². The van der Waals surface area contributed by atoms with E-state index in [2.05, 4.69) is 15.6 Å². The van der Waals surface area contributed by atoms with Gasteiger partial charge in [-0.05, 0) is 36.2 Å². The van der Waals surface area contributed by atoms with Gasteiger partial charge in [-0.1, -0.05) is 18.2 Å². The van der Waals surface area contributed by atoms with Crippen LogP contribution in [0.2, 0.25) is 0 Å². The number of hydrogen-bond acceptors (Lipinski definition) is 4. The van der Waals surface area contributed by atoms with Crippen LogP contribution >= 0.6 is 0 Å². The molecule has 0 saturated carbocycles. The van der Waals surface area contributed by atoms with E-state index in [1.54, 1.807) is 32.1 Å². The Balaban J connectivity index is 1.51. The van der Waals surface area contributed by atoms with E-state index in [0.29, 0.717) is 31.3 Å². The van der Waals surface area contributed by atoms with E-state index in [4.69, 9.17) is 4.74 Å².